The second kappa shape index (κ2) is 15.8. The van der Waals surface area contributed by atoms with E-state index in [2.05, 4.69) is 16.0 Å². The summed E-state index contributed by atoms with van der Waals surface area (Å²) in [5.41, 5.74) is 1.87. The third kappa shape index (κ3) is 9.75. The number of amides is 3. The first-order valence-corrected chi connectivity index (χ1v) is 14.6. The van der Waals surface area contributed by atoms with Crippen LogP contribution in [-0.2, 0) is 14.3 Å². The molecule has 0 spiro atoms. The number of esters is 1. The van der Waals surface area contributed by atoms with E-state index in [4.69, 9.17) is 9.15 Å². The van der Waals surface area contributed by atoms with Crippen LogP contribution in [0.1, 0.15) is 46.2 Å². The van der Waals surface area contributed by atoms with Crippen LogP contribution < -0.4 is 16.0 Å². The zero-order valence-corrected chi connectivity index (χ0v) is 24.3. The third-order valence-corrected chi connectivity index (χ3v) is 6.95. The highest BCUT2D eigenvalue weighted by Gasteiger charge is 2.16. The molecule has 220 valence electrons. The molecular formula is C33H31N3O6S. The van der Waals surface area contributed by atoms with Gasteiger partial charge in [0, 0.05) is 27.9 Å². The van der Waals surface area contributed by atoms with Gasteiger partial charge in [0.15, 0.2) is 0 Å². The molecule has 0 saturated heterocycles. The van der Waals surface area contributed by atoms with E-state index in [1.54, 1.807) is 84.9 Å². The van der Waals surface area contributed by atoms with Crippen LogP contribution in [0.3, 0.4) is 0 Å². The summed E-state index contributed by atoms with van der Waals surface area (Å²) in [5.74, 6) is -1.09. The molecule has 4 rings (SSSR count). The molecule has 0 radical (unpaired) electrons. The Morgan fingerprint density at radius 3 is 2.35 bits per heavy atom. The second-order valence-electron chi connectivity index (χ2n) is 9.28. The maximum atomic E-state index is 13.2. The van der Waals surface area contributed by atoms with E-state index in [0.717, 1.165) is 17.7 Å². The summed E-state index contributed by atoms with van der Waals surface area (Å²) in [7, 11) is 0. The SMILES string of the molecule is CCCCOC(=O)c1ccc(NC(=O)CSc2cccc(NC(=O)/C(=C/c3ccco3)NC(=O)c3ccccc3)c2)cc1. The Balaban J connectivity index is 1.33. The fourth-order valence-corrected chi connectivity index (χ4v) is 4.50. The van der Waals surface area contributed by atoms with Crippen molar-refractivity contribution in [1.82, 2.24) is 5.32 Å². The Morgan fingerprint density at radius 2 is 1.63 bits per heavy atom. The molecule has 10 heteroatoms. The molecule has 0 aliphatic rings. The van der Waals surface area contributed by atoms with Crippen LogP contribution in [-0.4, -0.2) is 36.1 Å². The largest absolute Gasteiger partial charge is 0.465 e. The maximum Gasteiger partial charge on any atom is 0.338 e. The van der Waals surface area contributed by atoms with E-state index in [1.165, 1.54) is 24.1 Å². The first-order chi connectivity index (χ1) is 20.9. The highest BCUT2D eigenvalue weighted by atomic mass is 32.2. The van der Waals surface area contributed by atoms with Gasteiger partial charge in [-0.1, -0.05) is 37.6 Å². The van der Waals surface area contributed by atoms with Crippen LogP contribution in [0, 0.1) is 0 Å². The molecule has 3 amide bonds. The van der Waals surface area contributed by atoms with Crippen molar-refractivity contribution in [2.24, 2.45) is 0 Å². The quantitative estimate of drug-likeness (QED) is 0.0707. The number of thioether (sulfide) groups is 1. The number of carbonyl (C=O) groups is 4. The Kier molecular flexibility index (Phi) is 11.3. The lowest BCUT2D eigenvalue weighted by atomic mass is 10.2. The first kappa shape index (κ1) is 30.9. The fraction of sp³-hybridized carbons (Fsp3) is 0.152. The van der Waals surface area contributed by atoms with Gasteiger partial charge in [-0.2, -0.15) is 0 Å². The summed E-state index contributed by atoms with van der Waals surface area (Å²) in [6.07, 6.45) is 4.66. The highest BCUT2D eigenvalue weighted by Crippen LogP contribution is 2.23. The molecule has 4 aromatic rings. The van der Waals surface area contributed by atoms with Crippen LogP contribution >= 0.6 is 11.8 Å². The van der Waals surface area contributed by atoms with E-state index in [1.807, 2.05) is 13.0 Å². The van der Waals surface area contributed by atoms with Crippen molar-refractivity contribution >= 4 is 52.9 Å². The number of carbonyl (C=O) groups excluding carboxylic acids is 4. The number of anilines is 2. The predicted octanol–water partition coefficient (Wildman–Crippen LogP) is 6.38. The van der Waals surface area contributed by atoms with Crippen molar-refractivity contribution in [3.05, 3.63) is 120 Å². The third-order valence-electron chi connectivity index (χ3n) is 5.96. The Bertz CT molecular complexity index is 1570. The van der Waals surface area contributed by atoms with Gasteiger partial charge >= 0.3 is 5.97 Å². The van der Waals surface area contributed by atoms with Gasteiger partial charge < -0.3 is 25.1 Å². The molecule has 1 heterocycles. The van der Waals surface area contributed by atoms with Crippen LogP contribution in [0.15, 0.2) is 112 Å². The molecule has 0 unspecified atom stereocenters. The number of benzene rings is 3. The molecule has 0 aliphatic heterocycles. The monoisotopic (exact) mass is 597 g/mol. The zero-order chi connectivity index (χ0) is 30.4. The number of rotatable bonds is 13. The van der Waals surface area contributed by atoms with E-state index in [9.17, 15) is 19.2 Å². The summed E-state index contributed by atoms with van der Waals surface area (Å²) < 4.78 is 10.5. The Morgan fingerprint density at radius 1 is 0.837 bits per heavy atom. The molecule has 0 bridgehead atoms. The van der Waals surface area contributed by atoms with Crippen molar-refractivity contribution in [3.63, 3.8) is 0 Å². The molecule has 0 fully saturated rings. The molecule has 0 atom stereocenters. The standard InChI is InChI=1S/C33H31N3O6S/c1-2-3-18-42-33(40)24-14-16-25(17-15-24)34-30(37)22-43-28-13-7-11-26(20-28)35-32(39)29(21-27-12-8-19-41-27)36-31(38)23-9-5-4-6-10-23/h4-17,19-21H,2-3,18,22H2,1H3,(H,34,37)(H,35,39)(H,36,38)/b29-21-. The van der Waals surface area contributed by atoms with Gasteiger partial charge in [0.1, 0.15) is 11.5 Å². The van der Waals surface area contributed by atoms with Crippen LogP contribution in [0.25, 0.3) is 6.08 Å². The number of nitrogens with one attached hydrogen (secondary N) is 3. The molecule has 0 saturated carbocycles. The van der Waals surface area contributed by atoms with Gasteiger partial charge in [-0.25, -0.2) is 4.79 Å². The minimum Gasteiger partial charge on any atom is -0.465 e. The number of hydrogen-bond acceptors (Lipinski definition) is 7. The highest BCUT2D eigenvalue weighted by molar-refractivity contribution is 8.00. The predicted molar refractivity (Wildman–Crippen MR) is 167 cm³/mol. The Hall–Kier alpha value is -5.09. The summed E-state index contributed by atoms with van der Waals surface area (Å²) in [6, 6.07) is 25.5. The second-order valence-corrected chi connectivity index (χ2v) is 10.3. The number of unbranched alkanes of at least 4 members (excludes halogenated alkanes) is 1. The van der Waals surface area contributed by atoms with E-state index in [-0.39, 0.29) is 17.4 Å². The van der Waals surface area contributed by atoms with Crippen LogP contribution in [0.2, 0.25) is 0 Å². The topological polar surface area (TPSA) is 127 Å². The van der Waals surface area contributed by atoms with E-state index >= 15 is 0 Å². The van der Waals surface area contributed by atoms with Crippen molar-refractivity contribution in [2.75, 3.05) is 23.0 Å². The summed E-state index contributed by atoms with van der Waals surface area (Å²) in [6.45, 7) is 2.40. The first-order valence-electron chi connectivity index (χ1n) is 13.6. The molecule has 1 aromatic heterocycles. The van der Waals surface area contributed by atoms with Gasteiger partial charge in [-0.15, -0.1) is 11.8 Å². The van der Waals surface area contributed by atoms with E-state index < -0.39 is 17.8 Å². The molecule has 3 aromatic carbocycles. The van der Waals surface area contributed by atoms with Gasteiger partial charge in [-0.05, 0) is 73.2 Å². The molecule has 43 heavy (non-hydrogen) atoms. The number of hydrogen-bond donors (Lipinski definition) is 3. The molecular weight excluding hydrogens is 566 g/mol. The minimum atomic E-state index is -0.543. The van der Waals surface area contributed by atoms with Gasteiger partial charge in [-0.3, -0.25) is 14.4 Å². The lowest BCUT2D eigenvalue weighted by molar-refractivity contribution is -0.114. The van der Waals surface area contributed by atoms with Crippen molar-refractivity contribution < 1.29 is 28.3 Å². The average Bonchev–Trinajstić information content (AvgIpc) is 3.54. The lowest BCUT2D eigenvalue weighted by Gasteiger charge is -2.12. The number of furan rings is 1. The minimum absolute atomic E-state index is 0.00137. The molecule has 3 N–H and O–H groups in total. The van der Waals surface area contributed by atoms with Crippen molar-refractivity contribution in [1.29, 1.82) is 0 Å². The van der Waals surface area contributed by atoms with Gasteiger partial charge in [0.2, 0.25) is 5.91 Å². The summed E-state index contributed by atoms with van der Waals surface area (Å²) >= 11 is 1.29. The van der Waals surface area contributed by atoms with Crippen molar-refractivity contribution in [3.8, 4) is 0 Å². The molecule has 0 aliphatic carbocycles. The smallest absolute Gasteiger partial charge is 0.338 e. The van der Waals surface area contributed by atoms with Gasteiger partial charge in [0.25, 0.3) is 11.8 Å². The van der Waals surface area contributed by atoms with Gasteiger partial charge in [0.05, 0.1) is 24.2 Å². The zero-order valence-electron chi connectivity index (χ0n) is 23.5. The maximum absolute atomic E-state index is 13.2. The average molecular weight is 598 g/mol. The molecule has 9 nitrogen and oxygen atoms in total. The van der Waals surface area contributed by atoms with Crippen molar-refractivity contribution in [2.45, 2.75) is 24.7 Å². The summed E-state index contributed by atoms with van der Waals surface area (Å²) in [4.78, 5) is 51.3. The Labute approximate surface area is 253 Å². The fourth-order valence-electron chi connectivity index (χ4n) is 3.75. The normalized spacial score (nSPS) is 11.0. The summed E-state index contributed by atoms with van der Waals surface area (Å²) in [5, 5.41) is 8.26. The van der Waals surface area contributed by atoms with Crippen LogP contribution in [0.5, 0.6) is 0 Å². The lowest BCUT2D eigenvalue weighted by Crippen LogP contribution is -2.30. The van der Waals surface area contributed by atoms with E-state index in [0.29, 0.717) is 34.9 Å². The van der Waals surface area contributed by atoms with Crippen LogP contribution in [0.4, 0.5) is 11.4 Å². The number of ether oxygens (including phenoxy) is 1.